The van der Waals surface area contributed by atoms with Gasteiger partial charge in [-0.05, 0) is 47.5 Å². The van der Waals surface area contributed by atoms with Crippen LogP contribution in [0.25, 0.3) is 0 Å². The van der Waals surface area contributed by atoms with Crippen molar-refractivity contribution in [1.29, 1.82) is 0 Å². The number of benzene rings is 3. The standard InChI is InChI=1S/C25H26N2O5/c1-30-16-19-6-3-5-18(13-19)15-26-25(29)20-9-11-22(12-10-20)32-17-24(28)27-21-7-4-8-23(14-21)31-2/h3-14H,15-17H2,1-2H3,(H,26,29)(H,27,28). The number of anilines is 1. The largest absolute Gasteiger partial charge is 0.497 e. The van der Waals surface area contributed by atoms with Crippen molar-refractivity contribution in [2.75, 3.05) is 26.1 Å². The molecule has 7 heteroatoms. The highest BCUT2D eigenvalue weighted by Gasteiger charge is 2.08. The van der Waals surface area contributed by atoms with E-state index >= 15 is 0 Å². The zero-order valence-corrected chi connectivity index (χ0v) is 18.1. The van der Waals surface area contributed by atoms with Crippen LogP contribution in [0.1, 0.15) is 21.5 Å². The molecule has 0 aliphatic carbocycles. The summed E-state index contributed by atoms with van der Waals surface area (Å²) in [4.78, 5) is 24.5. The molecule has 166 valence electrons. The van der Waals surface area contributed by atoms with E-state index in [2.05, 4.69) is 10.6 Å². The monoisotopic (exact) mass is 434 g/mol. The van der Waals surface area contributed by atoms with Crippen LogP contribution in [0.15, 0.2) is 72.8 Å². The molecule has 0 aliphatic rings. The van der Waals surface area contributed by atoms with Crippen LogP contribution in [0.5, 0.6) is 11.5 Å². The minimum atomic E-state index is -0.296. The third-order valence-electron chi connectivity index (χ3n) is 4.60. The fourth-order valence-electron chi connectivity index (χ4n) is 3.03. The van der Waals surface area contributed by atoms with E-state index in [0.717, 1.165) is 11.1 Å². The van der Waals surface area contributed by atoms with Gasteiger partial charge in [0.05, 0.1) is 13.7 Å². The second-order valence-electron chi connectivity index (χ2n) is 7.03. The van der Waals surface area contributed by atoms with Crippen molar-refractivity contribution in [3.8, 4) is 11.5 Å². The van der Waals surface area contributed by atoms with Crippen LogP contribution in [0, 0.1) is 0 Å². The summed E-state index contributed by atoms with van der Waals surface area (Å²) in [6.07, 6.45) is 0. The highest BCUT2D eigenvalue weighted by molar-refractivity contribution is 5.94. The van der Waals surface area contributed by atoms with Gasteiger partial charge in [0.2, 0.25) is 0 Å². The number of ether oxygens (including phenoxy) is 3. The Balaban J connectivity index is 1.47. The molecule has 0 radical (unpaired) electrons. The predicted octanol–water partition coefficient (Wildman–Crippen LogP) is 3.79. The summed E-state index contributed by atoms with van der Waals surface area (Å²) >= 11 is 0. The van der Waals surface area contributed by atoms with Crippen molar-refractivity contribution >= 4 is 17.5 Å². The maximum absolute atomic E-state index is 12.4. The van der Waals surface area contributed by atoms with Crippen molar-refractivity contribution in [3.05, 3.63) is 89.5 Å². The van der Waals surface area contributed by atoms with Crippen LogP contribution in [0.2, 0.25) is 0 Å². The van der Waals surface area contributed by atoms with Gasteiger partial charge in [-0.2, -0.15) is 0 Å². The van der Waals surface area contributed by atoms with Gasteiger partial charge in [-0.25, -0.2) is 0 Å². The van der Waals surface area contributed by atoms with Crippen molar-refractivity contribution < 1.29 is 23.8 Å². The van der Waals surface area contributed by atoms with E-state index in [0.29, 0.717) is 35.9 Å². The topological polar surface area (TPSA) is 85.9 Å². The van der Waals surface area contributed by atoms with Gasteiger partial charge in [0.1, 0.15) is 11.5 Å². The van der Waals surface area contributed by atoms with Gasteiger partial charge < -0.3 is 24.8 Å². The molecule has 0 aliphatic heterocycles. The zero-order valence-electron chi connectivity index (χ0n) is 18.1. The molecule has 3 aromatic rings. The minimum absolute atomic E-state index is 0.152. The number of hydrogen-bond acceptors (Lipinski definition) is 5. The van der Waals surface area contributed by atoms with Crippen molar-refractivity contribution in [2.24, 2.45) is 0 Å². The SMILES string of the molecule is COCc1cccc(CNC(=O)c2ccc(OCC(=O)Nc3cccc(OC)c3)cc2)c1. The van der Waals surface area contributed by atoms with Crippen LogP contribution in [-0.2, 0) is 22.7 Å². The predicted molar refractivity (Wildman–Crippen MR) is 122 cm³/mol. The van der Waals surface area contributed by atoms with Crippen LogP contribution in [0.4, 0.5) is 5.69 Å². The summed E-state index contributed by atoms with van der Waals surface area (Å²) in [6, 6.07) is 21.6. The Morgan fingerprint density at radius 2 is 1.59 bits per heavy atom. The fraction of sp³-hybridized carbons (Fsp3) is 0.200. The molecule has 2 amide bonds. The summed E-state index contributed by atoms with van der Waals surface area (Å²) < 4.78 is 15.8. The Bertz CT molecular complexity index is 1050. The second-order valence-corrected chi connectivity index (χ2v) is 7.03. The van der Waals surface area contributed by atoms with Crippen molar-refractivity contribution in [2.45, 2.75) is 13.2 Å². The molecule has 0 fully saturated rings. The molecule has 3 rings (SSSR count). The first kappa shape index (κ1) is 22.8. The summed E-state index contributed by atoms with van der Waals surface area (Å²) in [5.41, 5.74) is 3.18. The first-order chi connectivity index (χ1) is 15.6. The quantitative estimate of drug-likeness (QED) is 0.507. The van der Waals surface area contributed by atoms with E-state index in [1.54, 1.807) is 62.8 Å². The minimum Gasteiger partial charge on any atom is -0.497 e. The zero-order chi connectivity index (χ0) is 22.8. The Hall–Kier alpha value is -3.84. The first-order valence-corrected chi connectivity index (χ1v) is 10.1. The van der Waals surface area contributed by atoms with E-state index in [4.69, 9.17) is 14.2 Å². The molecule has 0 bridgehead atoms. The first-order valence-electron chi connectivity index (χ1n) is 10.1. The molecule has 0 spiro atoms. The third-order valence-corrected chi connectivity index (χ3v) is 4.60. The van der Waals surface area contributed by atoms with Gasteiger partial charge in [0.15, 0.2) is 6.61 Å². The molecule has 0 saturated heterocycles. The highest BCUT2D eigenvalue weighted by Crippen LogP contribution is 2.17. The van der Waals surface area contributed by atoms with Gasteiger partial charge in [-0.15, -0.1) is 0 Å². The third kappa shape index (κ3) is 6.85. The van der Waals surface area contributed by atoms with Gasteiger partial charge in [-0.1, -0.05) is 30.3 Å². The molecule has 0 aromatic heterocycles. The number of carbonyl (C=O) groups excluding carboxylic acids is 2. The average molecular weight is 434 g/mol. The lowest BCUT2D eigenvalue weighted by Gasteiger charge is -2.10. The van der Waals surface area contributed by atoms with Crippen molar-refractivity contribution in [3.63, 3.8) is 0 Å². The van der Waals surface area contributed by atoms with Gasteiger partial charge in [0.25, 0.3) is 11.8 Å². The van der Waals surface area contributed by atoms with E-state index < -0.39 is 0 Å². The van der Waals surface area contributed by atoms with E-state index in [1.165, 1.54) is 0 Å². The van der Waals surface area contributed by atoms with E-state index in [1.807, 2.05) is 24.3 Å². The van der Waals surface area contributed by atoms with Crippen LogP contribution in [-0.4, -0.2) is 32.6 Å². The summed E-state index contributed by atoms with van der Waals surface area (Å²) in [6.45, 7) is 0.792. The molecule has 0 unspecified atom stereocenters. The lowest BCUT2D eigenvalue weighted by molar-refractivity contribution is -0.118. The molecular formula is C25H26N2O5. The Morgan fingerprint density at radius 3 is 2.34 bits per heavy atom. The number of rotatable bonds is 10. The summed E-state index contributed by atoms with van der Waals surface area (Å²) in [5.74, 6) is 0.662. The van der Waals surface area contributed by atoms with E-state index in [9.17, 15) is 9.59 Å². The second kappa shape index (κ2) is 11.5. The molecule has 0 atom stereocenters. The summed E-state index contributed by atoms with van der Waals surface area (Å²) in [7, 11) is 3.21. The number of methoxy groups -OCH3 is 2. The van der Waals surface area contributed by atoms with Crippen LogP contribution >= 0.6 is 0 Å². The smallest absolute Gasteiger partial charge is 0.262 e. The molecule has 3 aromatic carbocycles. The van der Waals surface area contributed by atoms with Crippen LogP contribution in [0.3, 0.4) is 0 Å². The lowest BCUT2D eigenvalue weighted by atomic mass is 10.1. The normalized spacial score (nSPS) is 10.3. The van der Waals surface area contributed by atoms with Gasteiger partial charge in [-0.3, -0.25) is 9.59 Å². The Kier molecular flexibility index (Phi) is 8.22. The van der Waals surface area contributed by atoms with Gasteiger partial charge >= 0.3 is 0 Å². The molecular weight excluding hydrogens is 408 g/mol. The van der Waals surface area contributed by atoms with Crippen molar-refractivity contribution in [1.82, 2.24) is 5.32 Å². The maximum atomic E-state index is 12.4. The lowest BCUT2D eigenvalue weighted by Crippen LogP contribution is -2.23. The number of carbonyl (C=O) groups is 2. The Labute approximate surface area is 187 Å². The molecule has 0 heterocycles. The average Bonchev–Trinajstić information content (AvgIpc) is 2.82. The van der Waals surface area contributed by atoms with Gasteiger partial charge in [0, 0.05) is 31.0 Å². The number of hydrogen-bond donors (Lipinski definition) is 2. The highest BCUT2D eigenvalue weighted by atomic mass is 16.5. The van der Waals surface area contributed by atoms with Crippen LogP contribution < -0.4 is 20.1 Å². The maximum Gasteiger partial charge on any atom is 0.262 e. The number of amides is 2. The Morgan fingerprint density at radius 1 is 0.844 bits per heavy atom. The number of nitrogens with one attached hydrogen (secondary N) is 2. The molecule has 0 saturated carbocycles. The van der Waals surface area contributed by atoms with E-state index in [-0.39, 0.29) is 18.4 Å². The summed E-state index contributed by atoms with van der Waals surface area (Å²) in [5, 5.41) is 5.64. The molecule has 32 heavy (non-hydrogen) atoms. The molecule has 7 nitrogen and oxygen atoms in total. The molecule has 2 N–H and O–H groups in total. The fourth-order valence-corrected chi connectivity index (χ4v) is 3.03.